The number of imide groups is 1. The van der Waals surface area contributed by atoms with Crippen LogP contribution in [-0.2, 0) is 9.59 Å². The van der Waals surface area contributed by atoms with Gasteiger partial charge in [0, 0.05) is 5.02 Å². The topological polar surface area (TPSA) is 46.3 Å². The zero-order valence-corrected chi connectivity index (χ0v) is 18.2. The van der Waals surface area contributed by atoms with Gasteiger partial charge < -0.3 is 9.80 Å². The van der Waals surface area contributed by atoms with Crippen molar-refractivity contribution in [1.29, 1.82) is 0 Å². The molecule has 1 aromatic rings. The van der Waals surface area contributed by atoms with E-state index in [1.165, 1.54) is 61.5 Å². The minimum absolute atomic E-state index is 0.0438. The molecule has 3 fully saturated rings. The van der Waals surface area contributed by atoms with E-state index in [1.807, 2.05) is 0 Å². The molecule has 0 aromatic heterocycles. The summed E-state index contributed by atoms with van der Waals surface area (Å²) < 4.78 is 0. The molecule has 0 spiro atoms. The van der Waals surface area contributed by atoms with Gasteiger partial charge in [0.15, 0.2) is 6.04 Å². The molecule has 3 aliphatic rings. The van der Waals surface area contributed by atoms with Crippen LogP contribution in [0.25, 0.3) is 0 Å². The van der Waals surface area contributed by atoms with Crippen LogP contribution in [0.4, 0.5) is 5.69 Å². The van der Waals surface area contributed by atoms with Crippen molar-refractivity contribution >= 4 is 29.1 Å². The number of carbonyl (C=O) groups is 2. The number of hydrogen-bond acceptors (Lipinski definition) is 2. The molecule has 0 unspecified atom stereocenters. The normalized spacial score (nSPS) is 33.3. The van der Waals surface area contributed by atoms with Crippen molar-refractivity contribution in [2.75, 3.05) is 37.6 Å². The standard InChI is InChI=1S/C23H32ClN3O2/c1-17-6-11-25(12-7-17)13-8-18-9-14-26(15-10-18)21-16-22(28)27(23(21)29)20-4-2-19(24)3-5-20/h2-5,17-18,21H,6-16H2,1H3/p+2/t21-/m1/s1. The summed E-state index contributed by atoms with van der Waals surface area (Å²) in [4.78, 5) is 30.0. The first-order chi connectivity index (χ1) is 14.0. The lowest BCUT2D eigenvalue weighted by molar-refractivity contribution is -0.922. The highest BCUT2D eigenvalue weighted by Crippen LogP contribution is 2.24. The maximum absolute atomic E-state index is 13.0. The fourth-order valence-electron chi connectivity index (χ4n) is 5.33. The van der Waals surface area contributed by atoms with Crippen LogP contribution in [0.5, 0.6) is 0 Å². The molecule has 6 heteroatoms. The summed E-state index contributed by atoms with van der Waals surface area (Å²) in [5.41, 5.74) is 0.639. The number of amides is 2. The third-order valence-electron chi connectivity index (χ3n) is 7.36. The van der Waals surface area contributed by atoms with Gasteiger partial charge in [-0.2, -0.15) is 0 Å². The van der Waals surface area contributed by atoms with Crippen LogP contribution in [-0.4, -0.2) is 50.6 Å². The van der Waals surface area contributed by atoms with E-state index < -0.39 is 0 Å². The molecule has 3 heterocycles. The number of halogens is 1. The number of nitrogens with zero attached hydrogens (tertiary/aromatic N) is 1. The lowest BCUT2D eigenvalue weighted by Crippen LogP contribution is -3.17. The van der Waals surface area contributed by atoms with Gasteiger partial charge in [-0.05, 0) is 68.2 Å². The van der Waals surface area contributed by atoms with Gasteiger partial charge in [0.05, 0.1) is 44.8 Å². The molecule has 0 saturated carbocycles. The summed E-state index contributed by atoms with van der Waals surface area (Å²) in [5, 5.41) is 0.609. The first kappa shape index (κ1) is 20.8. The van der Waals surface area contributed by atoms with Crippen molar-refractivity contribution in [3.05, 3.63) is 29.3 Å². The Bertz CT molecular complexity index is 722. The van der Waals surface area contributed by atoms with Gasteiger partial charge in [-0.1, -0.05) is 18.5 Å². The van der Waals surface area contributed by atoms with Crippen LogP contribution in [0.2, 0.25) is 5.02 Å². The van der Waals surface area contributed by atoms with E-state index in [0.717, 1.165) is 24.9 Å². The Morgan fingerprint density at radius 1 is 1.00 bits per heavy atom. The Hall–Kier alpha value is -1.43. The molecular weight excluding hydrogens is 386 g/mol. The van der Waals surface area contributed by atoms with E-state index in [4.69, 9.17) is 11.6 Å². The third-order valence-corrected chi connectivity index (χ3v) is 7.61. The monoisotopic (exact) mass is 419 g/mol. The van der Waals surface area contributed by atoms with E-state index in [9.17, 15) is 9.59 Å². The van der Waals surface area contributed by atoms with E-state index >= 15 is 0 Å². The molecule has 0 bridgehead atoms. The maximum Gasteiger partial charge on any atom is 0.292 e. The molecule has 2 amide bonds. The van der Waals surface area contributed by atoms with Crippen molar-refractivity contribution in [3.63, 3.8) is 0 Å². The second-order valence-corrected chi connectivity index (χ2v) is 9.81. The predicted molar refractivity (Wildman–Crippen MR) is 114 cm³/mol. The van der Waals surface area contributed by atoms with Crippen molar-refractivity contribution in [1.82, 2.24) is 0 Å². The Labute approximate surface area is 179 Å². The fraction of sp³-hybridized carbons (Fsp3) is 0.652. The van der Waals surface area contributed by atoms with Crippen LogP contribution in [0, 0.1) is 11.8 Å². The van der Waals surface area contributed by atoms with Gasteiger partial charge in [0.2, 0.25) is 5.91 Å². The minimum Gasteiger partial charge on any atom is -0.335 e. The predicted octanol–water partition coefficient (Wildman–Crippen LogP) is 0.972. The fourth-order valence-corrected chi connectivity index (χ4v) is 5.45. The summed E-state index contributed by atoms with van der Waals surface area (Å²) in [6, 6.07) is 6.76. The summed E-state index contributed by atoms with van der Waals surface area (Å²) in [6.45, 7) is 8.37. The van der Waals surface area contributed by atoms with Crippen LogP contribution in [0.15, 0.2) is 24.3 Å². The number of carbonyl (C=O) groups excluding carboxylic acids is 2. The zero-order valence-electron chi connectivity index (χ0n) is 17.5. The molecule has 0 radical (unpaired) electrons. The Morgan fingerprint density at radius 3 is 2.31 bits per heavy atom. The molecule has 29 heavy (non-hydrogen) atoms. The average molecular weight is 420 g/mol. The van der Waals surface area contributed by atoms with Crippen LogP contribution in [0.3, 0.4) is 0 Å². The van der Waals surface area contributed by atoms with E-state index in [0.29, 0.717) is 17.1 Å². The molecule has 3 saturated heterocycles. The summed E-state index contributed by atoms with van der Waals surface area (Å²) in [6.07, 6.45) is 6.75. The van der Waals surface area contributed by atoms with Gasteiger partial charge in [0.1, 0.15) is 0 Å². The van der Waals surface area contributed by atoms with Crippen molar-refractivity contribution < 1.29 is 19.4 Å². The largest absolute Gasteiger partial charge is 0.335 e. The number of hydrogen-bond donors (Lipinski definition) is 2. The highest BCUT2D eigenvalue weighted by Gasteiger charge is 2.46. The van der Waals surface area contributed by atoms with Crippen molar-refractivity contribution in [3.8, 4) is 0 Å². The number of nitrogens with one attached hydrogen (secondary N) is 2. The SMILES string of the molecule is CC1CC[NH+](CCC2CC[NH+]([C@@H]3CC(=O)N(c4ccc(Cl)cc4)C3=O)CC2)CC1. The molecule has 3 aliphatic heterocycles. The second-order valence-electron chi connectivity index (χ2n) is 9.37. The lowest BCUT2D eigenvalue weighted by atomic mass is 9.91. The molecule has 1 atom stereocenters. The number of piperidine rings is 2. The Kier molecular flexibility index (Phi) is 6.57. The molecule has 4 rings (SSSR count). The van der Waals surface area contributed by atoms with Crippen LogP contribution < -0.4 is 14.7 Å². The van der Waals surface area contributed by atoms with Gasteiger partial charge in [-0.15, -0.1) is 0 Å². The highest BCUT2D eigenvalue weighted by atomic mass is 35.5. The molecule has 5 nitrogen and oxygen atoms in total. The summed E-state index contributed by atoms with van der Waals surface area (Å²) in [5.74, 6) is 1.56. The number of rotatable bonds is 5. The van der Waals surface area contributed by atoms with E-state index in [2.05, 4.69) is 6.92 Å². The molecule has 158 valence electrons. The van der Waals surface area contributed by atoms with Crippen molar-refractivity contribution in [2.45, 2.75) is 51.5 Å². The minimum atomic E-state index is -0.215. The molecule has 1 aromatic carbocycles. The second kappa shape index (κ2) is 9.15. The number of quaternary nitrogens is 2. The number of benzene rings is 1. The van der Waals surface area contributed by atoms with Crippen LogP contribution >= 0.6 is 11.6 Å². The molecule has 2 N–H and O–H groups in total. The average Bonchev–Trinajstić information content (AvgIpc) is 3.03. The van der Waals surface area contributed by atoms with Gasteiger partial charge in [0.25, 0.3) is 5.91 Å². The first-order valence-corrected chi connectivity index (χ1v) is 11.7. The van der Waals surface area contributed by atoms with E-state index in [1.54, 1.807) is 29.2 Å². The summed E-state index contributed by atoms with van der Waals surface area (Å²) >= 11 is 5.94. The van der Waals surface area contributed by atoms with Crippen LogP contribution in [0.1, 0.15) is 45.4 Å². The zero-order chi connectivity index (χ0) is 20.4. The number of anilines is 1. The highest BCUT2D eigenvalue weighted by molar-refractivity contribution is 6.30. The smallest absolute Gasteiger partial charge is 0.292 e. The Balaban J connectivity index is 1.27. The number of likely N-dealkylation sites (tertiary alicyclic amines) is 2. The van der Waals surface area contributed by atoms with E-state index in [-0.39, 0.29) is 17.9 Å². The lowest BCUT2D eigenvalue weighted by Gasteiger charge is -2.33. The van der Waals surface area contributed by atoms with Gasteiger partial charge >= 0.3 is 0 Å². The first-order valence-electron chi connectivity index (χ1n) is 11.3. The molecular formula is C23H34ClN3O2+2. The summed E-state index contributed by atoms with van der Waals surface area (Å²) in [7, 11) is 0. The maximum atomic E-state index is 13.0. The van der Waals surface area contributed by atoms with Gasteiger partial charge in [-0.25, -0.2) is 4.90 Å². The third kappa shape index (κ3) is 4.84. The van der Waals surface area contributed by atoms with Crippen molar-refractivity contribution in [2.24, 2.45) is 11.8 Å². The van der Waals surface area contributed by atoms with Gasteiger partial charge in [-0.3, -0.25) is 9.59 Å². The quantitative estimate of drug-likeness (QED) is 0.699. The molecule has 0 aliphatic carbocycles. The Morgan fingerprint density at radius 2 is 1.66 bits per heavy atom.